The second kappa shape index (κ2) is 7.98. The Morgan fingerprint density at radius 1 is 0.852 bits per heavy atom. The summed E-state index contributed by atoms with van der Waals surface area (Å²) in [4.78, 5) is 4.61. The van der Waals surface area contributed by atoms with E-state index in [4.69, 9.17) is 23.2 Å². The van der Waals surface area contributed by atoms with Crippen LogP contribution in [0.1, 0.15) is 5.82 Å². The molecule has 0 spiro atoms. The average Bonchev–Trinajstić information content (AvgIpc) is 3.16. The molecule has 1 aromatic heterocycles. The van der Waals surface area contributed by atoms with Crippen LogP contribution in [0.3, 0.4) is 0 Å². The summed E-state index contributed by atoms with van der Waals surface area (Å²) in [6, 6.07) is 15.4. The van der Waals surface area contributed by atoms with Crippen molar-refractivity contribution in [3.63, 3.8) is 0 Å². The smallest absolute Gasteiger partial charge is 0.181 e. The topological polar surface area (TPSA) is 50.1 Å². The third-order valence-corrected chi connectivity index (χ3v) is 4.97. The third kappa shape index (κ3) is 4.23. The van der Waals surface area contributed by atoms with Gasteiger partial charge in [-0.05, 0) is 52.9 Å². The first kappa shape index (κ1) is 17.8. The number of hydrogen-bond acceptors (Lipinski definition) is 5. The Balaban J connectivity index is 1.40. The van der Waals surface area contributed by atoms with Gasteiger partial charge < -0.3 is 9.80 Å². The van der Waals surface area contributed by atoms with Crippen LogP contribution in [-0.4, -0.2) is 51.3 Å². The average molecular weight is 401 g/mol. The number of rotatable bonds is 4. The molecule has 1 saturated heterocycles. The molecule has 2 heterocycles. The largest absolute Gasteiger partial charge is 0.374 e. The van der Waals surface area contributed by atoms with E-state index in [1.54, 1.807) is 4.68 Å². The zero-order chi connectivity index (χ0) is 18.6. The van der Waals surface area contributed by atoms with Crippen LogP contribution in [0.15, 0.2) is 54.7 Å². The molecule has 0 saturated carbocycles. The molecule has 27 heavy (non-hydrogen) atoms. The van der Waals surface area contributed by atoms with Crippen LogP contribution in [0.4, 0.5) is 5.69 Å². The maximum Gasteiger partial charge on any atom is 0.181 e. The molecular formula is C19H18Cl2N6. The van der Waals surface area contributed by atoms with Crippen LogP contribution in [0.25, 0.3) is 11.8 Å². The van der Waals surface area contributed by atoms with Crippen molar-refractivity contribution in [2.24, 2.45) is 0 Å². The van der Waals surface area contributed by atoms with E-state index in [0.717, 1.165) is 42.6 Å². The van der Waals surface area contributed by atoms with Gasteiger partial charge in [0.15, 0.2) is 5.82 Å². The van der Waals surface area contributed by atoms with Gasteiger partial charge in [-0.1, -0.05) is 29.3 Å². The summed E-state index contributed by atoms with van der Waals surface area (Å²) in [6.45, 7) is 3.72. The second-order valence-electron chi connectivity index (χ2n) is 6.24. The Morgan fingerprint density at radius 2 is 1.63 bits per heavy atom. The van der Waals surface area contributed by atoms with Crippen molar-refractivity contribution in [3.8, 4) is 5.69 Å². The van der Waals surface area contributed by atoms with Gasteiger partial charge in [-0.3, -0.25) is 0 Å². The van der Waals surface area contributed by atoms with E-state index >= 15 is 0 Å². The van der Waals surface area contributed by atoms with Gasteiger partial charge >= 0.3 is 0 Å². The molecule has 3 aromatic rings. The zero-order valence-corrected chi connectivity index (χ0v) is 16.1. The van der Waals surface area contributed by atoms with Crippen molar-refractivity contribution in [3.05, 3.63) is 70.6 Å². The minimum absolute atomic E-state index is 0.676. The predicted octanol–water partition coefficient (Wildman–Crippen LogP) is 3.76. The minimum Gasteiger partial charge on any atom is -0.374 e. The van der Waals surface area contributed by atoms with Crippen LogP contribution in [0, 0.1) is 0 Å². The van der Waals surface area contributed by atoms with Crippen molar-refractivity contribution in [2.75, 3.05) is 31.1 Å². The van der Waals surface area contributed by atoms with Gasteiger partial charge in [0.2, 0.25) is 0 Å². The molecule has 6 nitrogen and oxygen atoms in total. The lowest BCUT2D eigenvalue weighted by Crippen LogP contribution is -2.44. The normalized spacial score (nSPS) is 14.9. The summed E-state index contributed by atoms with van der Waals surface area (Å²) in [5.41, 5.74) is 2.03. The fourth-order valence-corrected chi connectivity index (χ4v) is 3.35. The lowest BCUT2D eigenvalue weighted by molar-refractivity contribution is 0.351. The molecule has 4 rings (SSSR count). The van der Waals surface area contributed by atoms with Gasteiger partial charge in [0.1, 0.15) is 0 Å². The van der Waals surface area contributed by atoms with Crippen LogP contribution in [0.5, 0.6) is 0 Å². The van der Waals surface area contributed by atoms with Crippen molar-refractivity contribution in [1.82, 2.24) is 25.1 Å². The summed E-state index contributed by atoms with van der Waals surface area (Å²) in [7, 11) is 0. The predicted molar refractivity (Wildman–Crippen MR) is 108 cm³/mol. The molecule has 1 fully saturated rings. The van der Waals surface area contributed by atoms with Gasteiger partial charge in [0.25, 0.3) is 0 Å². The van der Waals surface area contributed by atoms with E-state index in [1.807, 2.05) is 54.7 Å². The molecule has 0 bridgehead atoms. The van der Waals surface area contributed by atoms with Crippen molar-refractivity contribution in [2.45, 2.75) is 0 Å². The SMILES string of the molecule is Clc1ccc(-n2nnnc2/C=C/N2CCN(c3cccc(Cl)c3)CC2)cc1. The third-order valence-electron chi connectivity index (χ3n) is 4.49. The number of nitrogens with zero attached hydrogens (tertiary/aromatic N) is 6. The molecule has 0 radical (unpaired) electrons. The maximum atomic E-state index is 6.10. The Hall–Kier alpha value is -2.57. The number of tetrazole rings is 1. The van der Waals surface area contributed by atoms with E-state index in [0.29, 0.717) is 10.8 Å². The van der Waals surface area contributed by atoms with E-state index in [2.05, 4.69) is 31.4 Å². The van der Waals surface area contributed by atoms with Gasteiger partial charge in [0, 0.05) is 54.2 Å². The molecule has 0 aliphatic carbocycles. The molecule has 8 heteroatoms. The number of anilines is 1. The first-order valence-electron chi connectivity index (χ1n) is 8.66. The summed E-state index contributed by atoms with van der Waals surface area (Å²) in [6.07, 6.45) is 3.98. The zero-order valence-electron chi connectivity index (χ0n) is 14.5. The van der Waals surface area contributed by atoms with E-state index in [1.165, 1.54) is 0 Å². The Kier molecular flexibility index (Phi) is 5.27. The van der Waals surface area contributed by atoms with Gasteiger partial charge in [-0.15, -0.1) is 5.10 Å². The number of halogens is 2. The Bertz CT molecular complexity index is 929. The molecule has 1 aliphatic heterocycles. The highest BCUT2D eigenvalue weighted by molar-refractivity contribution is 6.31. The standard InChI is InChI=1S/C19H18Cl2N6/c20-15-4-6-17(7-5-15)27-19(22-23-24-27)8-9-25-10-12-26(13-11-25)18-3-1-2-16(21)14-18/h1-9,14H,10-13H2/b9-8+. The van der Waals surface area contributed by atoms with Gasteiger partial charge in [-0.25, -0.2) is 0 Å². The van der Waals surface area contributed by atoms with Crippen molar-refractivity contribution >= 4 is 35.0 Å². The van der Waals surface area contributed by atoms with Gasteiger partial charge in [-0.2, -0.15) is 4.68 Å². The summed E-state index contributed by atoms with van der Waals surface area (Å²) in [5, 5.41) is 13.4. The Morgan fingerprint density at radius 3 is 2.37 bits per heavy atom. The highest BCUT2D eigenvalue weighted by Gasteiger charge is 2.15. The van der Waals surface area contributed by atoms with Crippen molar-refractivity contribution in [1.29, 1.82) is 0 Å². The number of hydrogen-bond donors (Lipinski definition) is 0. The first-order valence-corrected chi connectivity index (χ1v) is 9.42. The van der Waals surface area contributed by atoms with Crippen LogP contribution >= 0.6 is 23.2 Å². The Labute approximate surface area is 167 Å². The van der Waals surface area contributed by atoms with Crippen LogP contribution in [-0.2, 0) is 0 Å². The molecule has 1 aliphatic rings. The highest BCUT2D eigenvalue weighted by atomic mass is 35.5. The van der Waals surface area contributed by atoms with Crippen molar-refractivity contribution < 1.29 is 0 Å². The molecule has 0 atom stereocenters. The summed E-state index contributed by atoms with van der Waals surface area (Å²) >= 11 is 12.0. The fraction of sp³-hybridized carbons (Fsp3) is 0.211. The van der Waals surface area contributed by atoms with Gasteiger partial charge in [0.05, 0.1) is 5.69 Å². The highest BCUT2D eigenvalue weighted by Crippen LogP contribution is 2.21. The maximum absolute atomic E-state index is 6.10. The second-order valence-corrected chi connectivity index (χ2v) is 7.12. The fourth-order valence-electron chi connectivity index (χ4n) is 3.04. The molecule has 0 amide bonds. The minimum atomic E-state index is 0.676. The lowest BCUT2D eigenvalue weighted by Gasteiger charge is -2.35. The summed E-state index contributed by atoms with van der Waals surface area (Å²) < 4.78 is 1.69. The number of benzene rings is 2. The quantitative estimate of drug-likeness (QED) is 0.666. The molecule has 2 aromatic carbocycles. The molecule has 0 unspecified atom stereocenters. The van der Waals surface area contributed by atoms with E-state index in [-0.39, 0.29) is 0 Å². The van der Waals surface area contributed by atoms with E-state index < -0.39 is 0 Å². The van der Waals surface area contributed by atoms with Crippen LogP contribution < -0.4 is 4.90 Å². The van der Waals surface area contributed by atoms with Crippen LogP contribution in [0.2, 0.25) is 10.0 Å². The van der Waals surface area contributed by atoms with E-state index in [9.17, 15) is 0 Å². The summed E-state index contributed by atoms with van der Waals surface area (Å²) in [5.74, 6) is 0.676. The number of aromatic nitrogens is 4. The number of piperazine rings is 1. The monoisotopic (exact) mass is 400 g/mol. The molecular weight excluding hydrogens is 383 g/mol. The first-order chi connectivity index (χ1) is 13.2. The molecule has 0 N–H and O–H groups in total. The lowest BCUT2D eigenvalue weighted by atomic mass is 10.2. The molecule has 138 valence electrons.